The Kier molecular flexibility index (Phi) is 2.49. The molecular weight excluding hydrogens is 156 g/mol. The summed E-state index contributed by atoms with van der Waals surface area (Å²) < 4.78 is 0. The second-order valence-electron chi connectivity index (χ2n) is 3.80. The van der Waals surface area contributed by atoms with Gasteiger partial charge < -0.3 is 0 Å². The molecule has 0 bridgehead atoms. The van der Waals surface area contributed by atoms with Crippen LogP contribution in [0.2, 0.25) is 0 Å². The van der Waals surface area contributed by atoms with E-state index in [1.54, 1.807) is 5.57 Å². The van der Waals surface area contributed by atoms with Crippen LogP contribution in [-0.2, 0) is 0 Å². The Hall–Kier alpha value is -1.04. The minimum absolute atomic E-state index is 1.32. The molecule has 0 heterocycles. The van der Waals surface area contributed by atoms with Gasteiger partial charge >= 0.3 is 0 Å². The van der Waals surface area contributed by atoms with Crippen LogP contribution in [0.3, 0.4) is 0 Å². The molecule has 1 aromatic carbocycles. The molecule has 1 aliphatic rings. The van der Waals surface area contributed by atoms with Crippen molar-refractivity contribution in [1.29, 1.82) is 0 Å². The van der Waals surface area contributed by atoms with Gasteiger partial charge in [-0.2, -0.15) is 0 Å². The molecule has 0 radical (unpaired) electrons. The summed E-state index contributed by atoms with van der Waals surface area (Å²) >= 11 is 0. The molecule has 1 saturated carbocycles. The number of allylic oxidation sites excluding steroid dienone is 2. The summed E-state index contributed by atoms with van der Waals surface area (Å²) in [5.41, 5.74) is 4.59. The molecule has 0 aromatic heterocycles. The maximum Gasteiger partial charge on any atom is -0.0228 e. The van der Waals surface area contributed by atoms with Crippen molar-refractivity contribution in [2.45, 2.75) is 32.6 Å². The second-order valence-corrected chi connectivity index (χ2v) is 3.80. The van der Waals surface area contributed by atoms with Crippen LogP contribution in [0, 0.1) is 0 Å². The third-order valence-corrected chi connectivity index (χ3v) is 2.94. The first-order valence-corrected chi connectivity index (χ1v) is 5.12. The molecule has 2 rings (SSSR count). The Bertz CT molecular complexity index is 298. The molecule has 0 nitrogen and oxygen atoms in total. The van der Waals surface area contributed by atoms with Crippen molar-refractivity contribution in [3.8, 4) is 0 Å². The summed E-state index contributed by atoms with van der Waals surface area (Å²) in [5.74, 6) is 0. The van der Waals surface area contributed by atoms with Gasteiger partial charge in [0.1, 0.15) is 0 Å². The number of hydrogen-bond acceptors (Lipinski definition) is 0. The Morgan fingerprint density at radius 2 is 1.62 bits per heavy atom. The van der Waals surface area contributed by atoms with Gasteiger partial charge in [0.2, 0.25) is 0 Å². The highest BCUT2D eigenvalue weighted by Gasteiger charge is 2.10. The predicted octanol–water partition coefficient (Wildman–Crippen LogP) is 4.03. The summed E-state index contributed by atoms with van der Waals surface area (Å²) in [4.78, 5) is 0. The van der Waals surface area contributed by atoms with Crippen LogP contribution < -0.4 is 0 Å². The molecule has 0 amide bonds. The van der Waals surface area contributed by atoms with Gasteiger partial charge in [0, 0.05) is 0 Å². The first-order chi connectivity index (χ1) is 6.38. The SMILES string of the molecule is CC(=C1CCCC1)c1ccccc1. The Morgan fingerprint density at radius 3 is 2.23 bits per heavy atom. The van der Waals surface area contributed by atoms with Crippen molar-refractivity contribution in [2.75, 3.05) is 0 Å². The Morgan fingerprint density at radius 1 is 1.00 bits per heavy atom. The van der Waals surface area contributed by atoms with Crippen LogP contribution >= 0.6 is 0 Å². The third-order valence-electron chi connectivity index (χ3n) is 2.94. The van der Waals surface area contributed by atoms with Gasteiger partial charge in [0.25, 0.3) is 0 Å². The van der Waals surface area contributed by atoms with Crippen LogP contribution in [0.4, 0.5) is 0 Å². The molecule has 0 spiro atoms. The maximum absolute atomic E-state index is 2.26. The minimum Gasteiger partial charge on any atom is -0.0667 e. The highest BCUT2D eigenvalue weighted by molar-refractivity contribution is 5.67. The van der Waals surface area contributed by atoms with E-state index >= 15 is 0 Å². The largest absolute Gasteiger partial charge is 0.0667 e. The highest BCUT2D eigenvalue weighted by atomic mass is 14.2. The smallest absolute Gasteiger partial charge is 0.0228 e. The minimum atomic E-state index is 1.32. The second kappa shape index (κ2) is 3.78. The van der Waals surface area contributed by atoms with Crippen molar-refractivity contribution in [3.05, 3.63) is 41.5 Å². The zero-order valence-corrected chi connectivity index (χ0v) is 8.22. The van der Waals surface area contributed by atoms with E-state index in [9.17, 15) is 0 Å². The van der Waals surface area contributed by atoms with Gasteiger partial charge in [-0.05, 0) is 43.7 Å². The fourth-order valence-corrected chi connectivity index (χ4v) is 2.07. The summed E-state index contributed by atoms with van der Waals surface area (Å²) in [6, 6.07) is 10.7. The van der Waals surface area contributed by atoms with Crippen molar-refractivity contribution in [2.24, 2.45) is 0 Å². The lowest BCUT2D eigenvalue weighted by Crippen LogP contribution is -1.83. The first-order valence-electron chi connectivity index (χ1n) is 5.12. The van der Waals surface area contributed by atoms with Gasteiger partial charge in [-0.25, -0.2) is 0 Å². The molecule has 1 aromatic rings. The van der Waals surface area contributed by atoms with E-state index in [-0.39, 0.29) is 0 Å². The van der Waals surface area contributed by atoms with E-state index in [0.29, 0.717) is 0 Å². The van der Waals surface area contributed by atoms with Crippen LogP contribution in [0.25, 0.3) is 5.57 Å². The standard InChI is InChI=1S/C13H16/c1-11(13-9-5-6-10-13)12-7-3-2-4-8-12/h2-4,7-8H,5-6,9-10H2,1H3. The lowest BCUT2D eigenvalue weighted by molar-refractivity contribution is 0.886. The van der Waals surface area contributed by atoms with Gasteiger partial charge in [-0.15, -0.1) is 0 Å². The number of rotatable bonds is 1. The van der Waals surface area contributed by atoms with Crippen LogP contribution in [0.15, 0.2) is 35.9 Å². The van der Waals surface area contributed by atoms with Crippen LogP contribution in [-0.4, -0.2) is 0 Å². The normalized spacial score (nSPS) is 16.2. The predicted molar refractivity (Wildman–Crippen MR) is 57.5 cm³/mol. The maximum atomic E-state index is 2.26. The fourth-order valence-electron chi connectivity index (χ4n) is 2.07. The molecule has 1 aliphatic carbocycles. The molecule has 0 atom stereocenters. The van der Waals surface area contributed by atoms with Crippen molar-refractivity contribution in [1.82, 2.24) is 0 Å². The topological polar surface area (TPSA) is 0 Å². The van der Waals surface area contributed by atoms with E-state index in [2.05, 4.69) is 37.3 Å². The third kappa shape index (κ3) is 1.82. The van der Waals surface area contributed by atoms with E-state index in [0.717, 1.165) is 0 Å². The van der Waals surface area contributed by atoms with E-state index in [1.165, 1.54) is 36.8 Å². The summed E-state index contributed by atoms with van der Waals surface area (Å²) in [6.07, 6.45) is 5.42. The van der Waals surface area contributed by atoms with Gasteiger partial charge in [0.15, 0.2) is 0 Å². The van der Waals surface area contributed by atoms with Crippen LogP contribution in [0.1, 0.15) is 38.2 Å². The molecule has 1 fully saturated rings. The number of hydrogen-bond donors (Lipinski definition) is 0. The molecule has 0 N–H and O–H groups in total. The van der Waals surface area contributed by atoms with Gasteiger partial charge in [-0.3, -0.25) is 0 Å². The van der Waals surface area contributed by atoms with Crippen molar-refractivity contribution >= 4 is 5.57 Å². The quantitative estimate of drug-likeness (QED) is 0.600. The van der Waals surface area contributed by atoms with E-state index in [1.807, 2.05) is 0 Å². The monoisotopic (exact) mass is 172 g/mol. The molecule has 0 aliphatic heterocycles. The molecule has 68 valence electrons. The zero-order chi connectivity index (χ0) is 9.10. The lowest BCUT2D eigenvalue weighted by Gasteiger charge is -2.05. The fraction of sp³-hybridized carbons (Fsp3) is 0.385. The Labute approximate surface area is 80.3 Å². The summed E-state index contributed by atoms with van der Waals surface area (Å²) in [7, 11) is 0. The van der Waals surface area contributed by atoms with E-state index in [4.69, 9.17) is 0 Å². The molecule has 0 heteroatoms. The van der Waals surface area contributed by atoms with Gasteiger partial charge in [0.05, 0.1) is 0 Å². The van der Waals surface area contributed by atoms with Crippen LogP contribution in [0.5, 0.6) is 0 Å². The average molecular weight is 172 g/mol. The molecule has 0 saturated heterocycles. The van der Waals surface area contributed by atoms with Gasteiger partial charge in [-0.1, -0.05) is 35.9 Å². The van der Waals surface area contributed by atoms with Crippen molar-refractivity contribution < 1.29 is 0 Å². The molecule has 0 unspecified atom stereocenters. The average Bonchev–Trinajstić information content (AvgIpc) is 2.71. The zero-order valence-electron chi connectivity index (χ0n) is 8.22. The highest BCUT2D eigenvalue weighted by Crippen LogP contribution is 2.31. The summed E-state index contributed by atoms with van der Waals surface area (Å²) in [6.45, 7) is 2.26. The first kappa shape index (κ1) is 8.55. The lowest BCUT2D eigenvalue weighted by atomic mass is 10.0. The molecule has 13 heavy (non-hydrogen) atoms. The molecular formula is C13H16. The van der Waals surface area contributed by atoms with E-state index < -0.39 is 0 Å². The number of benzene rings is 1. The Balaban J connectivity index is 2.30. The van der Waals surface area contributed by atoms with Crippen molar-refractivity contribution in [3.63, 3.8) is 0 Å². The summed E-state index contributed by atoms with van der Waals surface area (Å²) in [5, 5.41) is 0.